The molecule has 172 valence electrons. The zero-order valence-electron chi connectivity index (χ0n) is 20.2. The maximum atomic E-state index is 10.8. The molecule has 3 heteroatoms. The minimum atomic E-state index is -0.330. The topological polar surface area (TPSA) is 38.7 Å². The molecule has 1 N–H and O–H groups in total. The second-order valence-electron chi connectivity index (χ2n) is 13.1. The second kappa shape index (κ2) is 7.19. The lowest BCUT2D eigenvalue weighted by atomic mass is 9.43. The van der Waals surface area contributed by atoms with Crippen molar-refractivity contribution in [3.8, 4) is 0 Å². The SMILES string of the molecule is CCC[C@H]1[C@H](O)CC[C@]2(C)[C@H]3CC[C@@]4(C)[C@@H](CCC45OCC(C)(C)CO5)[C@@H]3CC[C@@H]12. The van der Waals surface area contributed by atoms with Crippen molar-refractivity contribution in [3.05, 3.63) is 0 Å². The molecule has 0 amide bonds. The molecule has 1 aliphatic heterocycles. The van der Waals surface area contributed by atoms with E-state index in [0.29, 0.717) is 11.3 Å². The molecule has 4 aliphatic carbocycles. The summed E-state index contributed by atoms with van der Waals surface area (Å²) in [6.07, 6.45) is 12.2. The van der Waals surface area contributed by atoms with Gasteiger partial charge in [-0.15, -0.1) is 0 Å². The van der Waals surface area contributed by atoms with Crippen LogP contribution in [0.2, 0.25) is 0 Å². The van der Waals surface area contributed by atoms with Gasteiger partial charge in [-0.1, -0.05) is 41.0 Å². The Kier molecular flexibility index (Phi) is 5.20. The Labute approximate surface area is 184 Å². The van der Waals surface area contributed by atoms with Crippen LogP contribution in [0.3, 0.4) is 0 Å². The highest BCUT2D eigenvalue weighted by molar-refractivity contribution is 5.13. The number of ether oxygens (including phenoxy) is 2. The molecule has 0 unspecified atom stereocenters. The minimum absolute atomic E-state index is 0.0597. The van der Waals surface area contributed by atoms with Gasteiger partial charge < -0.3 is 14.6 Å². The van der Waals surface area contributed by atoms with Gasteiger partial charge in [-0.3, -0.25) is 0 Å². The number of hydrogen-bond acceptors (Lipinski definition) is 3. The average Bonchev–Trinajstić information content (AvgIpc) is 2.99. The summed E-state index contributed by atoms with van der Waals surface area (Å²) in [5.41, 5.74) is 0.736. The Morgan fingerprint density at radius 1 is 0.800 bits per heavy atom. The second-order valence-corrected chi connectivity index (χ2v) is 13.1. The van der Waals surface area contributed by atoms with Crippen LogP contribution in [0.5, 0.6) is 0 Å². The number of aliphatic hydroxyl groups is 1. The molecule has 4 saturated carbocycles. The molecular formula is C27H46O3. The lowest BCUT2D eigenvalue weighted by Crippen LogP contribution is -2.61. The molecule has 8 atom stereocenters. The third-order valence-electron chi connectivity index (χ3n) is 11.0. The lowest BCUT2D eigenvalue weighted by molar-refractivity contribution is -0.348. The zero-order chi connectivity index (χ0) is 21.4. The normalized spacial score (nSPS) is 51.8. The van der Waals surface area contributed by atoms with Crippen LogP contribution in [0.25, 0.3) is 0 Å². The molecule has 0 radical (unpaired) electrons. The summed E-state index contributed by atoms with van der Waals surface area (Å²) in [4.78, 5) is 0. The first-order chi connectivity index (χ1) is 14.2. The van der Waals surface area contributed by atoms with Crippen LogP contribution in [0, 0.1) is 45.8 Å². The molecule has 1 spiro atoms. The minimum Gasteiger partial charge on any atom is -0.393 e. The molecular weight excluding hydrogens is 372 g/mol. The predicted molar refractivity (Wildman–Crippen MR) is 120 cm³/mol. The van der Waals surface area contributed by atoms with Gasteiger partial charge in [-0.05, 0) is 86.4 Å². The monoisotopic (exact) mass is 418 g/mol. The lowest BCUT2D eigenvalue weighted by Gasteiger charge is -2.63. The molecule has 1 heterocycles. The van der Waals surface area contributed by atoms with Crippen LogP contribution in [0.1, 0.15) is 98.8 Å². The van der Waals surface area contributed by atoms with E-state index < -0.39 is 0 Å². The fourth-order valence-electron chi connectivity index (χ4n) is 9.37. The highest BCUT2D eigenvalue weighted by Crippen LogP contribution is 2.70. The predicted octanol–water partition coefficient (Wildman–Crippen LogP) is 6.19. The summed E-state index contributed by atoms with van der Waals surface area (Å²) in [5.74, 6) is 3.33. The Bertz CT molecular complexity index is 648. The molecule has 0 aromatic carbocycles. The highest BCUT2D eigenvalue weighted by Gasteiger charge is 2.67. The van der Waals surface area contributed by atoms with Crippen molar-refractivity contribution >= 4 is 0 Å². The van der Waals surface area contributed by atoms with Crippen molar-refractivity contribution in [1.29, 1.82) is 0 Å². The van der Waals surface area contributed by atoms with Crippen LogP contribution in [0.4, 0.5) is 0 Å². The maximum absolute atomic E-state index is 10.8. The summed E-state index contributed by atoms with van der Waals surface area (Å²) in [5, 5.41) is 10.8. The van der Waals surface area contributed by atoms with Crippen molar-refractivity contribution in [2.24, 2.45) is 45.8 Å². The van der Waals surface area contributed by atoms with Crippen molar-refractivity contribution in [2.45, 2.75) is 111 Å². The molecule has 1 saturated heterocycles. The van der Waals surface area contributed by atoms with Crippen LogP contribution in [-0.4, -0.2) is 30.2 Å². The molecule has 0 aromatic rings. The van der Waals surface area contributed by atoms with Gasteiger partial charge in [0.15, 0.2) is 5.79 Å². The van der Waals surface area contributed by atoms with Gasteiger partial charge in [0.05, 0.1) is 19.3 Å². The molecule has 5 aliphatic rings. The standard InChI is InChI=1S/C27H46O3/c1-6-7-19-20-9-8-18-21(25(20,4)13-12-23(19)28)10-14-26(5)22(18)11-15-27(26)29-16-24(2,3)17-30-27/h18-23,28H,6-17H2,1-5H3/t18-,19-,20+,21+,22+,23-,25+,26+/m1/s1. The zero-order valence-corrected chi connectivity index (χ0v) is 20.2. The molecule has 5 rings (SSSR count). The van der Waals surface area contributed by atoms with Crippen molar-refractivity contribution < 1.29 is 14.6 Å². The largest absolute Gasteiger partial charge is 0.393 e. The van der Waals surface area contributed by atoms with Gasteiger partial charge in [-0.25, -0.2) is 0 Å². The Hall–Kier alpha value is -0.120. The quantitative estimate of drug-likeness (QED) is 0.581. The van der Waals surface area contributed by atoms with Crippen LogP contribution < -0.4 is 0 Å². The van der Waals surface area contributed by atoms with Gasteiger partial charge >= 0.3 is 0 Å². The van der Waals surface area contributed by atoms with E-state index in [-0.39, 0.29) is 22.7 Å². The first-order valence-electron chi connectivity index (χ1n) is 13.1. The van der Waals surface area contributed by atoms with Gasteiger partial charge in [-0.2, -0.15) is 0 Å². The van der Waals surface area contributed by atoms with Crippen molar-refractivity contribution in [3.63, 3.8) is 0 Å². The molecule has 0 bridgehead atoms. The van der Waals surface area contributed by atoms with E-state index in [0.717, 1.165) is 49.7 Å². The van der Waals surface area contributed by atoms with Gasteiger partial charge in [0.2, 0.25) is 0 Å². The molecule has 5 fully saturated rings. The number of rotatable bonds is 2. The molecule has 30 heavy (non-hydrogen) atoms. The summed E-state index contributed by atoms with van der Waals surface area (Å²) < 4.78 is 13.3. The summed E-state index contributed by atoms with van der Waals surface area (Å²) in [7, 11) is 0. The Balaban J connectivity index is 1.40. The number of hydrogen-bond donors (Lipinski definition) is 1. The fourth-order valence-corrected chi connectivity index (χ4v) is 9.37. The maximum Gasteiger partial charge on any atom is 0.173 e. The number of aliphatic hydroxyl groups excluding tert-OH is 1. The number of fused-ring (bicyclic) bond motifs is 6. The third kappa shape index (κ3) is 2.93. The summed E-state index contributed by atoms with van der Waals surface area (Å²) in [6, 6.07) is 0. The van der Waals surface area contributed by atoms with Crippen molar-refractivity contribution in [1.82, 2.24) is 0 Å². The van der Waals surface area contributed by atoms with E-state index >= 15 is 0 Å². The Morgan fingerprint density at radius 3 is 2.20 bits per heavy atom. The van der Waals surface area contributed by atoms with E-state index in [4.69, 9.17) is 9.47 Å². The van der Waals surface area contributed by atoms with Gasteiger partial charge in [0, 0.05) is 17.3 Å². The smallest absolute Gasteiger partial charge is 0.173 e. The first-order valence-corrected chi connectivity index (χ1v) is 13.1. The van der Waals surface area contributed by atoms with E-state index in [1.165, 1.54) is 51.4 Å². The molecule has 0 aromatic heterocycles. The first kappa shape index (κ1) is 21.7. The average molecular weight is 419 g/mol. The van der Waals surface area contributed by atoms with E-state index in [2.05, 4.69) is 34.6 Å². The van der Waals surface area contributed by atoms with Crippen LogP contribution in [-0.2, 0) is 9.47 Å². The third-order valence-corrected chi connectivity index (χ3v) is 11.0. The van der Waals surface area contributed by atoms with E-state index in [9.17, 15) is 5.11 Å². The van der Waals surface area contributed by atoms with E-state index in [1.807, 2.05) is 0 Å². The van der Waals surface area contributed by atoms with Gasteiger partial charge in [0.1, 0.15) is 0 Å². The highest BCUT2D eigenvalue weighted by atomic mass is 16.7. The van der Waals surface area contributed by atoms with Gasteiger partial charge in [0.25, 0.3) is 0 Å². The summed E-state index contributed by atoms with van der Waals surface area (Å²) >= 11 is 0. The van der Waals surface area contributed by atoms with E-state index in [1.54, 1.807) is 0 Å². The summed E-state index contributed by atoms with van der Waals surface area (Å²) in [6.45, 7) is 13.6. The Morgan fingerprint density at radius 2 is 1.50 bits per heavy atom. The van der Waals surface area contributed by atoms with Crippen LogP contribution >= 0.6 is 0 Å². The van der Waals surface area contributed by atoms with Crippen molar-refractivity contribution in [2.75, 3.05) is 13.2 Å². The van der Waals surface area contributed by atoms with Crippen LogP contribution in [0.15, 0.2) is 0 Å². The molecule has 3 nitrogen and oxygen atoms in total. The fraction of sp³-hybridized carbons (Fsp3) is 1.00.